The van der Waals surface area contributed by atoms with Gasteiger partial charge in [0.1, 0.15) is 4.88 Å². The third-order valence-electron chi connectivity index (χ3n) is 4.15. The summed E-state index contributed by atoms with van der Waals surface area (Å²) in [7, 11) is 1.56. The Morgan fingerprint density at radius 1 is 1.48 bits per heavy atom. The van der Waals surface area contributed by atoms with Crippen molar-refractivity contribution in [2.24, 2.45) is 11.8 Å². The second-order valence-corrected chi connectivity index (χ2v) is 6.91. The summed E-state index contributed by atoms with van der Waals surface area (Å²) >= 11 is 1.27. The van der Waals surface area contributed by atoms with Gasteiger partial charge < -0.3 is 14.7 Å². The van der Waals surface area contributed by atoms with Crippen LogP contribution in [0.1, 0.15) is 48.5 Å². The van der Waals surface area contributed by atoms with Crippen LogP contribution in [-0.4, -0.2) is 36.3 Å². The van der Waals surface area contributed by atoms with Gasteiger partial charge in [-0.05, 0) is 31.1 Å². The van der Waals surface area contributed by atoms with Crippen molar-refractivity contribution in [1.29, 1.82) is 0 Å². The van der Waals surface area contributed by atoms with Crippen molar-refractivity contribution in [1.82, 2.24) is 4.98 Å². The molecule has 0 aliphatic carbocycles. The Morgan fingerprint density at radius 3 is 2.86 bits per heavy atom. The van der Waals surface area contributed by atoms with Crippen LogP contribution in [0.3, 0.4) is 0 Å². The molecule has 1 fully saturated rings. The van der Waals surface area contributed by atoms with E-state index < -0.39 is 5.97 Å². The summed E-state index contributed by atoms with van der Waals surface area (Å²) in [4.78, 5) is 18.3. The topological polar surface area (TPSA) is 62.7 Å². The minimum atomic E-state index is -0.916. The molecule has 2 rings (SSSR count). The van der Waals surface area contributed by atoms with Gasteiger partial charge in [0.2, 0.25) is 0 Å². The predicted molar refractivity (Wildman–Crippen MR) is 84.2 cm³/mol. The number of ether oxygens (including phenoxy) is 1. The summed E-state index contributed by atoms with van der Waals surface area (Å²) in [5.74, 6) is 0.549. The lowest BCUT2D eigenvalue weighted by Gasteiger charge is -2.20. The first-order chi connectivity index (χ1) is 10.0. The molecule has 1 N–H and O–H groups in total. The molecule has 1 saturated heterocycles. The van der Waals surface area contributed by atoms with E-state index >= 15 is 0 Å². The molecular formula is C15H24N2O3S. The molecule has 1 atom stereocenters. The fraction of sp³-hybridized carbons (Fsp3) is 0.733. The van der Waals surface area contributed by atoms with Crippen LogP contribution in [0.15, 0.2) is 0 Å². The minimum absolute atomic E-state index is 0.251. The number of hydrogen-bond donors (Lipinski definition) is 1. The van der Waals surface area contributed by atoms with Crippen molar-refractivity contribution in [2.45, 2.75) is 39.7 Å². The molecule has 2 heterocycles. The molecular weight excluding hydrogens is 288 g/mol. The molecule has 0 amide bonds. The average Bonchev–Trinajstić information content (AvgIpc) is 2.69. The number of nitrogens with zero attached hydrogens (tertiary/aromatic N) is 2. The number of carboxylic acid groups (broad SMARTS) is 1. The SMILES string of the molecule is COCc1nc(N2CCCC(C(C)C)CC2)sc1C(=O)O. The van der Waals surface area contributed by atoms with Gasteiger partial charge in [-0.3, -0.25) is 0 Å². The van der Waals surface area contributed by atoms with Crippen LogP contribution < -0.4 is 4.90 Å². The lowest BCUT2D eigenvalue weighted by atomic mass is 9.89. The summed E-state index contributed by atoms with van der Waals surface area (Å²) in [6.45, 7) is 6.73. The van der Waals surface area contributed by atoms with Crippen LogP contribution >= 0.6 is 11.3 Å². The van der Waals surface area contributed by atoms with Crippen LogP contribution in [0.4, 0.5) is 5.13 Å². The standard InChI is InChI=1S/C15H24N2O3S/c1-10(2)11-5-4-7-17(8-6-11)15-16-12(9-20-3)13(21-15)14(18)19/h10-11H,4-9H2,1-3H3,(H,18,19). The van der Waals surface area contributed by atoms with Crippen molar-refractivity contribution in [3.8, 4) is 0 Å². The summed E-state index contributed by atoms with van der Waals surface area (Å²) in [6.07, 6.45) is 3.54. The lowest BCUT2D eigenvalue weighted by Crippen LogP contribution is -2.24. The molecule has 0 bridgehead atoms. The van der Waals surface area contributed by atoms with E-state index in [9.17, 15) is 9.90 Å². The average molecular weight is 312 g/mol. The molecule has 118 valence electrons. The molecule has 0 radical (unpaired) electrons. The number of hydrogen-bond acceptors (Lipinski definition) is 5. The van der Waals surface area contributed by atoms with Crippen molar-refractivity contribution in [3.05, 3.63) is 10.6 Å². The maximum absolute atomic E-state index is 11.3. The van der Waals surface area contributed by atoms with Gasteiger partial charge in [0.25, 0.3) is 0 Å². The van der Waals surface area contributed by atoms with E-state index in [1.807, 2.05) is 0 Å². The van der Waals surface area contributed by atoms with Crippen LogP contribution in [0, 0.1) is 11.8 Å². The van der Waals surface area contributed by atoms with Crippen molar-refractivity contribution in [2.75, 3.05) is 25.1 Å². The third-order valence-corrected chi connectivity index (χ3v) is 5.29. The van der Waals surface area contributed by atoms with E-state index in [-0.39, 0.29) is 6.61 Å². The molecule has 0 saturated carbocycles. The quantitative estimate of drug-likeness (QED) is 0.904. The molecule has 0 aromatic carbocycles. The van der Waals surface area contributed by atoms with E-state index in [0.29, 0.717) is 16.5 Å². The van der Waals surface area contributed by atoms with Gasteiger partial charge in [-0.25, -0.2) is 9.78 Å². The first-order valence-corrected chi connectivity index (χ1v) is 8.31. The smallest absolute Gasteiger partial charge is 0.347 e. The normalized spacial score (nSPS) is 19.8. The largest absolute Gasteiger partial charge is 0.477 e. The molecule has 6 heteroatoms. The van der Waals surface area contributed by atoms with E-state index in [1.54, 1.807) is 7.11 Å². The number of anilines is 1. The van der Waals surface area contributed by atoms with Crippen LogP contribution in [0.2, 0.25) is 0 Å². The fourth-order valence-corrected chi connectivity index (χ4v) is 3.82. The molecule has 1 unspecified atom stereocenters. The Bertz CT molecular complexity index is 487. The van der Waals surface area contributed by atoms with E-state index in [4.69, 9.17) is 4.74 Å². The van der Waals surface area contributed by atoms with E-state index in [1.165, 1.54) is 17.8 Å². The zero-order valence-electron chi connectivity index (χ0n) is 13.0. The lowest BCUT2D eigenvalue weighted by molar-refractivity contribution is 0.0697. The van der Waals surface area contributed by atoms with Crippen LogP contribution in [-0.2, 0) is 11.3 Å². The molecule has 1 aliphatic rings. The Morgan fingerprint density at radius 2 is 2.24 bits per heavy atom. The molecule has 0 spiro atoms. The second kappa shape index (κ2) is 7.22. The molecule has 5 nitrogen and oxygen atoms in total. The van der Waals surface area contributed by atoms with Gasteiger partial charge in [0.05, 0.1) is 12.3 Å². The number of carbonyl (C=O) groups is 1. The van der Waals surface area contributed by atoms with Gasteiger partial charge >= 0.3 is 5.97 Å². The first-order valence-electron chi connectivity index (χ1n) is 7.49. The van der Waals surface area contributed by atoms with Crippen LogP contribution in [0.25, 0.3) is 0 Å². The molecule has 1 aliphatic heterocycles. The van der Waals surface area contributed by atoms with E-state index in [2.05, 4.69) is 23.7 Å². The number of aromatic nitrogens is 1. The third kappa shape index (κ3) is 3.95. The highest BCUT2D eigenvalue weighted by molar-refractivity contribution is 7.17. The number of carboxylic acids is 1. The van der Waals surface area contributed by atoms with Gasteiger partial charge in [0.15, 0.2) is 5.13 Å². The highest BCUT2D eigenvalue weighted by atomic mass is 32.1. The summed E-state index contributed by atoms with van der Waals surface area (Å²) in [5.41, 5.74) is 0.537. The molecule has 21 heavy (non-hydrogen) atoms. The monoisotopic (exact) mass is 312 g/mol. The van der Waals surface area contributed by atoms with Crippen molar-refractivity contribution >= 4 is 22.4 Å². The zero-order chi connectivity index (χ0) is 15.4. The maximum Gasteiger partial charge on any atom is 0.347 e. The van der Waals surface area contributed by atoms with Gasteiger partial charge in [-0.15, -0.1) is 0 Å². The minimum Gasteiger partial charge on any atom is -0.477 e. The first kappa shape index (κ1) is 16.2. The van der Waals surface area contributed by atoms with Gasteiger partial charge in [-0.1, -0.05) is 25.2 Å². The Labute approximate surface area is 129 Å². The second-order valence-electron chi connectivity index (χ2n) is 5.93. The zero-order valence-corrected chi connectivity index (χ0v) is 13.8. The highest BCUT2D eigenvalue weighted by Crippen LogP contribution is 2.31. The fourth-order valence-electron chi connectivity index (χ4n) is 2.86. The summed E-state index contributed by atoms with van der Waals surface area (Å²) in [5, 5.41) is 10.1. The Kier molecular flexibility index (Phi) is 5.58. The van der Waals surface area contributed by atoms with Crippen molar-refractivity contribution < 1.29 is 14.6 Å². The number of rotatable bonds is 5. The number of aromatic carboxylic acids is 1. The predicted octanol–water partition coefficient (Wildman–Crippen LogP) is 3.25. The Hall–Kier alpha value is -1.14. The number of methoxy groups -OCH3 is 1. The van der Waals surface area contributed by atoms with Gasteiger partial charge in [-0.2, -0.15) is 0 Å². The van der Waals surface area contributed by atoms with E-state index in [0.717, 1.165) is 37.0 Å². The maximum atomic E-state index is 11.3. The van der Waals surface area contributed by atoms with Crippen LogP contribution in [0.5, 0.6) is 0 Å². The summed E-state index contributed by atoms with van der Waals surface area (Å²) < 4.78 is 5.05. The number of thiazole rings is 1. The van der Waals surface area contributed by atoms with Crippen molar-refractivity contribution in [3.63, 3.8) is 0 Å². The molecule has 1 aromatic rings. The molecule has 1 aromatic heterocycles. The Balaban J connectivity index is 2.14. The summed E-state index contributed by atoms with van der Waals surface area (Å²) in [6, 6.07) is 0. The van der Waals surface area contributed by atoms with Gasteiger partial charge in [0, 0.05) is 20.2 Å². The highest BCUT2D eigenvalue weighted by Gasteiger charge is 2.24.